The summed E-state index contributed by atoms with van der Waals surface area (Å²) in [5, 5.41) is 2.56. The molecular formula is C22H25NO. The molecule has 0 bridgehead atoms. The molecule has 0 saturated heterocycles. The maximum atomic E-state index is 6.08. The van der Waals surface area contributed by atoms with E-state index < -0.39 is 0 Å². The van der Waals surface area contributed by atoms with Gasteiger partial charge in [0.2, 0.25) is 0 Å². The quantitative estimate of drug-likeness (QED) is 0.671. The van der Waals surface area contributed by atoms with Crippen LogP contribution in [-0.2, 0) is 6.42 Å². The van der Waals surface area contributed by atoms with E-state index in [1.165, 1.54) is 21.9 Å². The summed E-state index contributed by atoms with van der Waals surface area (Å²) >= 11 is 0. The molecule has 3 rings (SSSR count). The van der Waals surface area contributed by atoms with Crippen LogP contribution in [0.2, 0.25) is 0 Å². The molecule has 0 amide bonds. The van der Waals surface area contributed by atoms with Gasteiger partial charge in [-0.3, -0.25) is 0 Å². The number of fused-ring (bicyclic) bond motifs is 1. The van der Waals surface area contributed by atoms with Gasteiger partial charge in [0.25, 0.3) is 0 Å². The number of rotatable bonds is 7. The first-order chi connectivity index (χ1) is 11.8. The standard InChI is InChI=1S/C22H25NO/c1-2-17-8-4-6-13-22(17)24-15-14-19(16-23)21-12-7-10-18-9-3-5-11-20(18)21/h3-13,19H,2,14-16,23H2,1H3. The molecule has 2 nitrogen and oxygen atoms in total. The van der Waals surface area contributed by atoms with Gasteiger partial charge in [-0.05, 0) is 53.3 Å². The second-order valence-corrected chi connectivity index (χ2v) is 6.10. The zero-order valence-corrected chi connectivity index (χ0v) is 14.2. The highest BCUT2D eigenvalue weighted by atomic mass is 16.5. The molecule has 2 N–H and O–H groups in total. The highest BCUT2D eigenvalue weighted by molar-refractivity contribution is 5.86. The number of nitrogens with two attached hydrogens (primary N) is 1. The van der Waals surface area contributed by atoms with E-state index in [9.17, 15) is 0 Å². The van der Waals surface area contributed by atoms with Gasteiger partial charge in [0.15, 0.2) is 0 Å². The van der Waals surface area contributed by atoms with Gasteiger partial charge < -0.3 is 10.5 Å². The number of aryl methyl sites for hydroxylation is 1. The van der Waals surface area contributed by atoms with Crippen LogP contribution in [-0.4, -0.2) is 13.2 Å². The van der Waals surface area contributed by atoms with Gasteiger partial charge in [0, 0.05) is 0 Å². The predicted molar refractivity (Wildman–Crippen MR) is 102 cm³/mol. The van der Waals surface area contributed by atoms with Gasteiger partial charge in [-0.25, -0.2) is 0 Å². The Balaban J connectivity index is 1.73. The minimum Gasteiger partial charge on any atom is -0.493 e. The summed E-state index contributed by atoms with van der Waals surface area (Å²) in [7, 11) is 0. The van der Waals surface area contributed by atoms with Crippen LogP contribution in [0.1, 0.15) is 30.4 Å². The van der Waals surface area contributed by atoms with Crippen molar-refractivity contribution in [3.63, 3.8) is 0 Å². The van der Waals surface area contributed by atoms with Crippen LogP contribution in [0.5, 0.6) is 5.75 Å². The van der Waals surface area contributed by atoms with Crippen LogP contribution in [0.3, 0.4) is 0 Å². The topological polar surface area (TPSA) is 35.2 Å². The van der Waals surface area contributed by atoms with Gasteiger partial charge in [-0.15, -0.1) is 0 Å². The fourth-order valence-corrected chi connectivity index (χ4v) is 3.25. The molecule has 1 atom stereocenters. The van der Waals surface area contributed by atoms with Crippen molar-refractivity contribution in [2.75, 3.05) is 13.2 Å². The van der Waals surface area contributed by atoms with Crippen LogP contribution < -0.4 is 10.5 Å². The second kappa shape index (κ2) is 7.98. The third-order valence-corrected chi connectivity index (χ3v) is 4.63. The Kier molecular flexibility index (Phi) is 5.50. The molecule has 3 aromatic rings. The Bertz CT molecular complexity index is 791. The van der Waals surface area contributed by atoms with Crippen molar-refractivity contribution in [1.82, 2.24) is 0 Å². The number of ether oxygens (including phenoxy) is 1. The summed E-state index contributed by atoms with van der Waals surface area (Å²) < 4.78 is 6.04. The monoisotopic (exact) mass is 319 g/mol. The Morgan fingerprint density at radius 2 is 1.67 bits per heavy atom. The zero-order chi connectivity index (χ0) is 16.8. The summed E-state index contributed by atoms with van der Waals surface area (Å²) in [6, 6.07) is 23.2. The first-order valence-corrected chi connectivity index (χ1v) is 8.72. The summed E-state index contributed by atoms with van der Waals surface area (Å²) in [4.78, 5) is 0. The highest BCUT2D eigenvalue weighted by Crippen LogP contribution is 2.28. The normalized spacial score (nSPS) is 12.2. The molecule has 0 radical (unpaired) electrons. The Morgan fingerprint density at radius 3 is 2.50 bits per heavy atom. The van der Waals surface area contributed by atoms with E-state index in [2.05, 4.69) is 61.5 Å². The second-order valence-electron chi connectivity index (χ2n) is 6.10. The first kappa shape index (κ1) is 16.5. The van der Waals surface area contributed by atoms with Gasteiger partial charge in [-0.1, -0.05) is 67.6 Å². The van der Waals surface area contributed by atoms with Crippen LogP contribution >= 0.6 is 0 Å². The van der Waals surface area contributed by atoms with Crippen LogP contribution in [0.4, 0.5) is 0 Å². The molecule has 0 aliphatic carbocycles. The lowest BCUT2D eigenvalue weighted by molar-refractivity contribution is 0.296. The van der Waals surface area contributed by atoms with Crippen molar-refractivity contribution in [2.24, 2.45) is 5.73 Å². The average Bonchev–Trinajstić information content (AvgIpc) is 2.65. The zero-order valence-electron chi connectivity index (χ0n) is 14.2. The minimum atomic E-state index is 0.310. The number of hydrogen-bond donors (Lipinski definition) is 1. The van der Waals surface area contributed by atoms with Crippen LogP contribution in [0.25, 0.3) is 10.8 Å². The molecule has 0 aliphatic rings. The summed E-state index contributed by atoms with van der Waals surface area (Å²) in [5.74, 6) is 1.30. The Labute approximate surface area is 144 Å². The molecule has 0 fully saturated rings. The number of para-hydroxylation sites is 1. The van der Waals surface area contributed by atoms with E-state index in [4.69, 9.17) is 10.5 Å². The summed E-state index contributed by atoms with van der Waals surface area (Å²) in [6.45, 7) is 3.47. The third-order valence-electron chi connectivity index (χ3n) is 4.63. The Hall–Kier alpha value is -2.32. The molecule has 124 valence electrons. The van der Waals surface area contributed by atoms with E-state index in [0.29, 0.717) is 19.1 Å². The van der Waals surface area contributed by atoms with Crippen LogP contribution in [0, 0.1) is 0 Å². The molecular weight excluding hydrogens is 294 g/mol. The number of hydrogen-bond acceptors (Lipinski definition) is 2. The Morgan fingerprint density at radius 1 is 0.917 bits per heavy atom. The molecule has 0 heterocycles. The predicted octanol–water partition coefficient (Wildman–Crippen LogP) is 4.91. The van der Waals surface area contributed by atoms with E-state index in [1.807, 2.05) is 12.1 Å². The summed E-state index contributed by atoms with van der Waals surface area (Å²) in [5.41, 5.74) is 8.65. The SMILES string of the molecule is CCc1ccccc1OCCC(CN)c1cccc2ccccc12. The molecule has 0 saturated carbocycles. The lowest BCUT2D eigenvalue weighted by Gasteiger charge is -2.18. The van der Waals surface area contributed by atoms with E-state index in [1.54, 1.807) is 0 Å². The van der Waals surface area contributed by atoms with Crippen molar-refractivity contribution in [1.29, 1.82) is 0 Å². The first-order valence-electron chi connectivity index (χ1n) is 8.72. The fourth-order valence-electron chi connectivity index (χ4n) is 3.25. The maximum Gasteiger partial charge on any atom is 0.122 e. The van der Waals surface area contributed by atoms with Crippen molar-refractivity contribution in [3.05, 3.63) is 77.9 Å². The van der Waals surface area contributed by atoms with Crippen LogP contribution in [0.15, 0.2) is 66.7 Å². The maximum absolute atomic E-state index is 6.08. The van der Waals surface area contributed by atoms with E-state index >= 15 is 0 Å². The molecule has 2 heteroatoms. The van der Waals surface area contributed by atoms with Crippen molar-refractivity contribution in [3.8, 4) is 5.75 Å². The van der Waals surface area contributed by atoms with Gasteiger partial charge in [0.05, 0.1) is 6.61 Å². The van der Waals surface area contributed by atoms with Gasteiger partial charge >= 0.3 is 0 Å². The summed E-state index contributed by atoms with van der Waals surface area (Å²) in [6.07, 6.45) is 1.91. The van der Waals surface area contributed by atoms with Crippen molar-refractivity contribution in [2.45, 2.75) is 25.7 Å². The fraction of sp³-hybridized carbons (Fsp3) is 0.273. The molecule has 0 aromatic heterocycles. The smallest absolute Gasteiger partial charge is 0.122 e. The molecule has 0 aliphatic heterocycles. The average molecular weight is 319 g/mol. The molecule has 0 spiro atoms. The van der Waals surface area contributed by atoms with E-state index in [-0.39, 0.29) is 0 Å². The van der Waals surface area contributed by atoms with Crippen molar-refractivity contribution >= 4 is 10.8 Å². The minimum absolute atomic E-state index is 0.310. The molecule has 3 aromatic carbocycles. The molecule has 1 unspecified atom stereocenters. The van der Waals surface area contributed by atoms with Crippen molar-refractivity contribution < 1.29 is 4.74 Å². The number of benzene rings is 3. The molecule has 24 heavy (non-hydrogen) atoms. The van der Waals surface area contributed by atoms with Gasteiger partial charge in [-0.2, -0.15) is 0 Å². The van der Waals surface area contributed by atoms with Gasteiger partial charge in [0.1, 0.15) is 5.75 Å². The largest absolute Gasteiger partial charge is 0.493 e. The van der Waals surface area contributed by atoms with E-state index in [0.717, 1.165) is 18.6 Å². The lowest BCUT2D eigenvalue weighted by Crippen LogP contribution is -2.16. The lowest BCUT2D eigenvalue weighted by atomic mass is 9.91. The third kappa shape index (κ3) is 3.60. The highest BCUT2D eigenvalue weighted by Gasteiger charge is 2.13.